The molecule has 0 aromatic carbocycles. The van der Waals surface area contributed by atoms with E-state index in [2.05, 4.69) is 49.6 Å². The molecule has 0 amide bonds. The second-order valence-corrected chi connectivity index (χ2v) is 13.4. The van der Waals surface area contributed by atoms with Gasteiger partial charge >= 0.3 is 0 Å². The normalized spacial score (nSPS) is 12.5. The van der Waals surface area contributed by atoms with Gasteiger partial charge in [-0.1, -0.05) is 33.5 Å². The van der Waals surface area contributed by atoms with E-state index in [1.807, 2.05) is 0 Å². The summed E-state index contributed by atoms with van der Waals surface area (Å²) in [6, 6.07) is 0. The SMILES string of the molecule is CCN(CC)CCS[Si](C)(C)C. The smallest absolute Gasteiger partial charge is 0.108 e. The highest BCUT2D eigenvalue weighted by Crippen LogP contribution is 2.18. The maximum Gasteiger partial charge on any atom is 0.108 e. The predicted molar refractivity (Wildman–Crippen MR) is 63.6 cm³/mol. The lowest BCUT2D eigenvalue weighted by Crippen LogP contribution is -2.27. The van der Waals surface area contributed by atoms with Gasteiger partial charge in [-0.05, 0) is 13.1 Å². The van der Waals surface area contributed by atoms with Crippen molar-refractivity contribution < 1.29 is 0 Å². The van der Waals surface area contributed by atoms with Gasteiger partial charge in [-0.2, -0.15) is 11.2 Å². The van der Waals surface area contributed by atoms with Crippen molar-refractivity contribution in [2.45, 2.75) is 33.5 Å². The predicted octanol–water partition coefficient (Wildman–Crippen LogP) is 2.90. The van der Waals surface area contributed by atoms with Crippen LogP contribution in [0.15, 0.2) is 0 Å². The highest BCUT2D eigenvalue weighted by Gasteiger charge is 2.13. The fourth-order valence-electron chi connectivity index (χ4n) is 1.02. The second kappa shape index (κ2) is 6.05. The van der Waals surface area contributed by atoms with Crippen molar-refractivity contribution in [3.63, 3.8) is 0 Å². The molecule has 0 heterocycles. The average Bonchev–Trinajstić information content (AvgIpc) is 1.96. The summed E-state index contributed by atoms with van der Waals surface area (Å²) in [4.78, 5) is 2.49. The third kappa shape index (κ3) is 7.19. The molecule has 0 aromatic heterocycles. The molecule has 0 atom stereocenters. The van der Waals surface area contributed by atoms with Gasteiger partial charge in [-0.25, -0.2) is 0 Å². The van der Waals surface area contributed by atoms with E-state index in [0.717, 1.165) is 0 Å². The summed E-state index contributed by atoms with van der Waals surface area (Å²) in [7, 11) is -0.860. The molecule has 0 saturated carbocycles. The van der Waals surface area contributed by atoms with Gasteiger partial charge in [-0.15, -0.1) is 0 Å². The second-order valence-electron chi connectivity index (χ2n) is 3.99. The molecule has 0 bridgehead atoms. The highest BCUT2D eigenvalue weighted by atomic mass is 32.4. The van der Waals surface area contributed by atoms with Gasteiger partial charge in [0.1, 0.15) is 7.22 Å². The van der Waals surface area contributed by atoms with Gasteiger partial charge in [0, 0.05) is 12.3 Å². The van der Waals surface area contributed by atoms with Crippen LogP contribution in [-0.2, 0) is 0 Å². The third-order valence-corrected chi connectivity index (χ3v) is 6.30. The Kier molecular flexibility index (Phi) is 6.32. The van der Waals surface area contributed by atoms with Crippen LogP contribution < -0.4 is 0 Å². The Balaban J connectivity index is 3.41. The monoisotopic (exact) mass is 205 g/mol. The number of nitrogens with zero attached hydrogens (tertiary/aromatic N) is 1. The van der Waals surface area contributed by atoms with Gasteiger partial charge in [0.2, 0.25) is 0 Å². The number of hydrogen-bond acceptors (Lipinski definition) is 2. The topological polar surface area (TPSA) is 3.24 Å². The minimum absolute atomic E-state index is 0.860. The van der Waals surface area contributed by atoms with Gasteiger partial charge in [0.05, 0.1) is 0 Å². The number of rotatable bonds is 6. The van der Waals surface area contributed by atoms with Crippen LogP contribution in [0.1, 0.15) is 13.8 Å². The lowest BCUT2D eigenvalue weighted by molar-refractivity contribution is 0.324. The Morgan fingerprint density at radius 2 is 1.58 bits per heavy atom. The first-order valence-corrected chi connectivity index (χ1v) is 10.1. The van der Waals surface area contributed by atoms with Crippen LogP contribution >= 0.6 is 11.2 Å². The Labute approximate surface area is 82.6 Å². The van der Waals surface area contributed by atoms with E-state index >= 15 is 0 Å². The maximum atomic E-state index is 2.49. The zero-order chi connectivity index (χ0) is 9.61. The Hall–Kier alpha value is 0.527. The molecule has 74 valence electrons. The van der Waals surface area contributed by atoms with Gasteiger partial charge in [-0.3, -0.25) is 0 Å². The summed E-state index contributed by atoms with van der Waals surface area (Å²) in [5, 5.41) is 0. The minimum Gasteiger partial charge on any atom is -0.303 e. The minimum atomic E-state index is -0.860. The first kappa shape index (κ1) is 12.5. The largest absolute Gasteiger partial charge is 0.303 e. The molecule has 0 rings (SSSR count). The standard InChI is InChI=1S/C9H23NSSi/c1-6-10(7-2)8-9-11-12(3,4)5/h6-9H2,1-5H3. The van der Waals surface area contributed by atoms with E-state index in [1.54, 1.807) is 0 Å². The van der Waals surface area contributed by atoms with Crippen molar-refractivity contribution in [2.24, 2.45) is 0 Å². The van der Waals surface area contributed by atoms with Crippen molar-refractivity contribution in [1.29, 1.82) is 0 Å². The first-order chi connectivity index (χ1) is 5.49. The average molecular weight is 205 g/mol. The van der Waals surface area contributed by atoms with Crippen molar-refractivity contribution in [3.05, 3.63) is 0 Å². The van der Waals surface area contributed by atoms with E-state index in [0.29, 0.717) is 0 Å². The van der Waals surface area contributed by atoms with Crippen LogP contribution in [0.2, 0.25) is 19.6 Å². The summed E-state index contributed by atoms with van der Waals surface area (Å²) in [5.74, 6) is 1.32. The van der Waals surface area contributed by atoms with Crippen molar-refractivity contribution in [2.75, 3.05) is 25.4 Å². The Morgan fingerprint density at radius 1 is 1.08 bits per heavy atom. The summed E-state index contributed by atoms with van der Waals surface area (Å²) >= 11 is 2.19. The molecule has 12 heavy (non-hydrogen) atoms. The first-order valence-electron chi connectivity index (χ1n) is 4.86. The molecular weight excluding hydrogens is 182 g/mol. The summed E-state index contributed by atoms with van der Waals surface area (Å²) in [5.41, 5.74) is 0. The highest BCUT2D eigenvalue weighted by molar-refractivity contribution is 8.28. The fraction of sp³-hybridized carbons (Fsp3) is 1.00. The quantitative estimate of drug-likeness (QED) is 0.614. The van der Waals surface area contributed by atoms with Crippen molar-refractivity contribution >= 4 is 18.4 Å². The number of hydrogen-bond donors (Lipinski definition) is 0. The van der Waals surface area contributed by atoms with Crippen molar-refractivity contribution in [1.82, 2.24) is 4.90 Å². The van der Waals surface area contributed by atoms with Gasteiger partial charge in [0.25, 0.3) is 0 Å². The lowest BCUT2D eigenvalue weighted by Gasteiger charge is -2.21. The molecule has 0 aliphatic rings. The van der Waals surface area contributed by atoms with Crippen molar-refractivity contribution in [3.8, 4) is 0 Å². The van der Waals surface area contributed by atoms with Crippen LogP contribution in [-0.4, -0.2) is 37.5 Å². The molecular formula is C9H23NSSi. The molecule has 0 aliphatic heterocycles. The van der Waals surface area contributed by atoms with E-state index < -0.39 is 7.22 Å². The van der Waals surface area contributed by atoms with Crippen LogP contribution in [0.4, 0.5) is 0 Å². The van der Waals surface area contributed by atoms with E-state index in [-0.39, 0.29) is 0 Å². The molecule has 0 N–H and O–H groups in total. The maximum absolute atomic E-state index is 2.49. The zero-order valence-electron chi connectivity index (χ0n) is 9.18. The molecule has 1 nitrogen and oxygen atoms in total. The van der Waals surface area contributed by atoms with Crippen LogP contribution in [0.3, 0.4) is 0 Å². The molecule has 0 aromatic rings. The third-order valence-electron chi connectivity index (χ3n) is 1.84. The van der Waals surface area contributed by atoms with Crippen LogP contribution in [0, 0.1) is 0 Å². The Bertz CT molecular complexity index is 108. The van der Waals surface area contributed by atoms with E-state index in [4.69, 9.17) is 0 Å². The molecule has 0 aliphatic carbocycles. The molecule has 0 fully saturated rings. The summed E-state index contributed by atoms with van der Waals surface area (Å²) in [6.45, 7) is 15.4. The summed E-state index contributed by atoms with van der Waals surface area (Å²) in [6.07, 6.45) is 0. The Morgan fingerprint density at radius 3 is 1.92 bits per heavy atom. The van der Waals surface area contributed by atoms with Crippen LogP contribution in [0.5, 0.6) is 0 Å². The molecule has 0 spiro atoms. The summed E-state index contributed by atoms with van der Waals surface area (Å²) < 4.78 is 0. The fourth-order valence-corrected chi connectivity index (χ4v) is 4.09. The molecule has 0 unspecified atom stereocenters. The van der Waals surface area contributed by atoms with Gasteiger partial charge in [0.15, 0.2) is 0 Å². The molecule has 0 saturated heterocycles. The van der Waals surface area contributed by atoms with Gasteiger partial charge < -0.3 is 4.90 Å². The zero-order valence-corrected chi connectivity index (χ0v) is 11.0. The molecule has 3 heteroatoms. The molecule has 0 radical (unpaired) electrons. The van der Waals surface area contributed by atoms with Crippen LogP contribution in [0.25, 0.3) is 0 Å². The van der Waals surface area contributed by atoms with E-state index in [9.17, 15) is 0 Å². The van der Waals surface area contributed by atoms with E-state index in [1.165, 1.54) is 25.4 Å². The lowest BCUT2D eigenvalue weighted by atomic mass is 10.5.